The zero-order valence-electron chi connectivity index (χ0n) is 11.3. The Morgan fingerprint density at radius 3 is 2.33 bits per heavy atom. The second-order valence-electron chi connectivity index (χ2n) is 5.49. The van der Waals surface area contributed by atoms with Gasteiger partial charge in [-0.3, -0.25) is 0 Å². The average Bonchev–Trinajstić information content (AvgIpc) is 2.50. The van der Waals surface area contributed by atoms with E-state index in [2.05, 4.69) is 0 Å². The molecule has 0 aliphatic rings. The lowest BCUT2D eigenvalue weighted by Crippen LogP contribution is -2.23. The quantitative estimate of drug-likeness (QED) is 0.750. The van der Waals surface area contributed by atoms with E-state index in [-0.39, 0.29) is 16.7 Å². The molecule has 2 aromatic rings. The zero-order chi connectivity index (χ0) is 13.7. The van der Waals surface area contributed by atoms with Gasteiger partial charge in [0.2, 0.25) is 0 Å². The summed E-state index contributed by atoms with van der Waals surface area (Å²) in [5.41, 5.74) is 0.507. The van der Waals surface area contributed by atoms with E-state index in [1.54, 1.807) is 38.5 Å². The minimum atomic E-state index is -0.565. The van der Waals surface area contributed by atoms with Crippen LogP contribution in [-0.4, -0.2) is 10.2 Å². The van der Waals surface area contributed by atoms with Gasteiger partial charge in [0.15, 0.2) is 17.4 Å². The minimum absolute atomic E-state index is 0.0434. The van der Waals surface area contributed by atoms with Gasteiger partial charge >= 0.3 is 0 Å². The molecule has 0 fully saturated rings. The first-order chi connectivity index (χ1) is 8.20. The van der Waals surface area contributed by atoms with Crippen LogP contribution in [0.25, 0.3) is 10.9 Å². The van der Waals surface area contributed by atoms with E-state index in [1.807, 2.05) is 6.92 Å². The van der Waals surface area contributed by atoms with E-state index >= 15 is 0 Å². The largest absolute Gasteiger partial charge is 0.485 e. The molecule has 18 heavy (non-hydrogen) atoms. The summed E-state index contributed by atoms with van der Waals surface area (Å²) in [6.07, 6.45) is 0. The number of ether oxygens (including phenoxy) is 1. The summed E-state index contributed by atoms with van der Waals surface area (Å²) in [4.78, 5) is 0. The van der Waals surface area contributed by atoms with Crippen LogP contribution in [0.2, 0.25) is 0 Å². The molecule has 0 unspecified atom stereocenters. The Morgan fingerprint density at radius 2 is 1.78 bits per heavy atom. The van der Waals surface area contributed by atoms with Crippen molar-refractivity contribution in [3.8, 4) is 5.75 Å². The number of benzene rings is 1. The van der Waals surface area contributed by atoms with Crippen LogP contribution in [0.3, 0.4) is 0 Å². The molecule has 0 atom stereocenters. The molecule has 2 nitrogen and oxygen atoms in total. The van der Waals surface area contributed by atoms with Crippen molar-refractivity contribution in [2.75, 3.05) is 0 Å². The fourth-order valence-electron chi connectivity index (χ4n) is 1.97. The van der Waals surface area contributed by atoms with E-state index in [0.29, 0.717) is 0 Å². The molecule has 0 aliphatic heterocycles. The molecule has 4 heteroatoms. The van der Waals surface area contributed by atoms with Crippen molar-refractivity contribution in [2.45, 2.75) is 33.3 Å². The van der Waals surface area contributed by atoms with Crippen LogP contribution >= 0.6 is 0 Å². The number of hydrogen-bond acceptors (Lipinski definition) is 1. The van der Waals surface area contributed by atoms with Crippen LogP contribution in [0, 0.1) is 18.6 Å². The topological polar surface area (TPSA) is 14.2 Å². The molecule has 2 rings (SSSR count). The Labute approximate surface area is 105 Å². The number of rotatable bonds is 1. The summed E-state index contributed by atoms with van der Waals surface area (Å²) < 4.78 is 35.4. The Bertz CT molecular complexity index is 609. The highest BCUT2D eigenvalue weighted by Gasteiger charge is 2.21. The fourth-order valence-corrected chi connectivity index (χ4v) is 1.97. The Kier molecular flexibility index (Phi) is 2.84. The van der Waals surface area contributed by atoms with Crippen LogP contribution in [0.4, 0.5) is 8.78 Å². The number of aryl methyl sites for hydroxylation is 2. The third kappa shape index (κ3) is 2.07. The first-order valence-electron chi connectivity index (χ1n) is 5.84. The summed E-state index contributed by atoms with van der Waals surface area (Å²) in [6.45, 7) is 7.20. The van der Waals surface area contributed by atoms with Crippen LogP contribution in [0.15, 0.2) is 12.1 Å². The number of fused-ring (bicyclic) bond motifs is 1. The fraction of sp³-hybridized carbons (Fsp3) is 0.429. The summed E-state index contributed by atoms with van der Waals surface area (Å²) >= 11 is 0. The summed E-state index contributed by atoms with van der Waals surface area (Å²) in [7, 11) is 1.71. The molecule has 0 N–H and O–H groups in total. The minimum Gasteiger partial charge on any atom is -0.485 e. The maximum Gasteiger partial charge on any atom is 0.174 e. The van der Waals surface area contributed by atoms with Crippen molar-refractivity contribution < 1.29 is 13.5 Å². The predicted octanol–water partition coefficient (Wildman–Crippen LogP) is 3.94. The molecule has 0 radical (unpaired) electrons. The third-order valence-corrected chi connectivity index (χ3v) is 2.83. The first-order valence-corrected chi connectivity index (χ1v) is 5.84. The van der Waals surface area contributed by atoms with Gasteiger partial charge in [0.1, 0.15) is 5.60 Å². The maximum atomic E-state index is 14.3. The van der Waals surface area contributed by atoms with Gasteiger partial charge in [-0.2, -0.15) is 0 Å². The normalized spacial score (nSPS) is 12.2. The van der Waals surface area contributed by atoms with Crippen molar-refractivity contribution in [2.24, 2.45) is 7.05 Å². The van der Waals surface area contributed by atoms with Crippen molar-refractivity contribution in [1.82, 2.24) is 4.57 Å². The van der Waals surface area contributed by atoms with Crippen molar-refractivity contribution in [3.63, 3.8) is 0 Å². The van der Waals surface area contributed by atoms with Crippen LogP contribution in [0.5, 0.6) is 5.75 Å². The molecule has 1 heterocycles. The molecule has 98 valence electrons. The van der Waals surface area contributed by atoms with E-state index in [9.17, 15) is 8.78 Å². The Balaban J connectivity index is 2.69. The van der Waals surface area contributed by atoms with E-state index in [4.69, 9.17) is 4.74 Å². The van der Waals surface area contributed by atoms with Crippen molar-refractivity contribution in [3.05, 3.63) is 29.5 Å². The lowest BCUT2D eigenvalue weighted by atomic mass is 10.1. The first kappa shape index (κ1) is 12.9. The smallest absolute Gasteiger partial charge is 0.174 e. The third-order valence-electron chi connectivity index (χ3n) is 2.83. The van der Waals surface area contributed by atoms with E-state index in [1.165, 1.54) is 0 Å². The molecule has 0 amide bonds. The van der Waals surface area contributed by atoms with Crippen LogP contribution < -0.4 is 4.74 Å². The Morgan fingerprint density at radius 1 is 1.17 bits per heavy atom. The summed E-state index contributed by atoms with van der Waals surface area (Å²) in [5.74, 6) is -1.02. The highest BCUT2D eigenvalue weighted by molar-refractivity contribution is 5.84. The molecular weight excluding hydrogens is 236 g/mol. The highest BCUT2D eigenvalue weighted by atomic mass is 19.1. The lowest BCUT2D eigenvalue weighted by molar-refractivity contribution is 0.124. The molecular formula is C14H17F2NO. The van der Waals surface area contributed by atoms with Gasteiger partial charge in [0.05, 0.1) is 5.52 Å². The summed E-state index contributed by atoms with van der Waals surface area (Å²) in [5, 5.41) is 0.259. The standard InChI is InChI=1S/C14H17F2NO/c1-8-6-9-12(16)11(18-14(2,3)4)7-10(15)13(9)17(8)5/h6-7H,1-5H3. The zero-order valence-corrected chi connectivity index (χ0v) is 11.3. The van der Waals surface area contributed by atoms with Crippen molar-refractivity contribution >= 4 is 10.9 Å². The second kappa shape index (κ2) is 3.97. The lowest BCUT2D eigenvalue weighted by Gasteiger charge is -2.21. The molecule has 0 spiro atoms. The van der Waals surface area contributed by atoms with Gasteiger partial charge in [-0.25, -0.2) is 8.78 Å². The van der Waals surface area contributed by atoms with Gasteiger partial charge in [-0.15, -0.1) is 0 Å². The number of nitrogens with zero attached hydrogens (tertiary/aromatic N) is 1. The van der Waals surface area contributed by atoms with Gasteiger partial charge in [-0.1, -0.05) is 0 Å². The molecule has 0 aliphatic carbocycles. The Hall–Kier alpha value is -1.58. The predicted molar refractivity (Wildman–Crippen MR) is 68.0 cm³/mol. The van der Waals surface area contributed by atoms with Gasteiger partial charge in [0.25, 0.3) is 0 Å². The number of hydrogen-bond donors (Lipinski definition) is 0. The van der Waals surface area contributed by atoms with Crippen LogP contribution in [0.1, 0.15) is 26.5 Å². The SMILES string of the molecule is Cc1cc2c(F)c(OC(C)(C)C)cc(F)c2n1C. The van der Waals surface area contributed by atoms with E-state index in [0.717, 1.165) is 11.8 Å². The molecule has 1 aromatic heterocycles. The van der Waals surface area contributed by atoms with E-state index < -0.39 is 17.2 Å². The van der Waals surface area contributed by atoms with Crippen LogP contribution in [-0.2, 0) is 7.05 Å². The second-order valence-corrected chi connectivity index (χ2v) is 5.49. The van der Waals surface area contributed by atoms with Crippen molar-refractivity contribution in [1.29, 1.82) is 0 Å². The monoisotopic (exact) mass is 253 g/mol. The number of aromatic nitrogens is 1. The molecule has 0 saturated heterocycles. The maximum absolute atomic E-state index is 14.3. The highest BCUT2D eigenvalue weighted by Crippen LogP contribution is 2.32. The van der Waals surface area contributed by atoms with Gasteiger partial charge in [-0.05, 0) is 33.8 Å². The average molecular weight is 253 g/mol. The molecule has 1 aromatic carbocycles. The number of halogens is 2. The molecule has 0 bridgehead atoms. The van der Waals surface area contributed by atoms with Gasteiger partial charge < -0.3 is 9.30 Å². The molecule has 0 saturated carbocycles. The summed E-state index contributed by atoms with van der Waals surface area (Å²) in [6, 6.07) is 2.74. The van der Waals surface area contributed by atoms with Gasteiger partial charge in [0, 0.05) is 24.2 Å².